The molecule has 0 radical (unpaired) electrons. The Morgan fingerprint density at radius 2 is 2.16 bits per heavy atom. The molecule has 1 amide bonds. The highest BCUT2D eigenvalue weighted by Crippen LogP contribution is 2.43. The molecular formula is C17H18FN3O4. The highest BCUT2D eigenvalue weighted by Gasteiger charge is 2.23. The molecule has 0 fully saturated rings. The van der Waals surface area contributed by atoms with Gasteiger partial charge in [0, 0.05) is 12.1 Å². The van der Waals surface area contributed by atoms with Crippen molar-refractivity contribution in [2.75, 3.05) is 6.79 Å². The summed E-state index contributed by atoms with van der Waals surface area (Å²) < 4.78 is 29.8. The van der Waals surface area contributed by atoms with Crippen LogP contribution in [0, 0.1) is 5.95 Å². The van der Waals surface area contributed by atoms with E-state index in [2.05, 4.69) is 10.3 Å². The van der Waals surface area contributed by atoms with Gasteiger partial charge >= 0.3 is 0 Å². The van der Waals surface area contributed by atoms with Gasteiger partial charge in [0.05, 0.1) is 11.7 Å². The molecule has 1 aromatic carbocycles. The average Bonchev–Trinajstić information content (AvgIpc) is 3.08. The van der Waals surface area contributed by atoms with Gasteiger partial charge < -0.3 is 25.3 Å². The zero-order chi connectivity index (χ0) is 17.8. The van der Waals surface area contributed by atoms with Crippen molar-refractivity contribution in [3.05, 3.63) is 47.5 Å². The molecule has 1 unspecified atom stereocenters. The number of benzene rings is 1. The Bertz CT molecular complexity index is 784. The predicted molar refractivity (Wildman–Crippen MR) is 86.6 cm³/mol. The number of hydrogen-bond donors (Lipinski definition) is 2. The fourth-order valence-corrected chi connectivity index (χ4v) is 2.33. The molecular weight excluding hydrogens is 329 g/mol. The summed E-state index contributed by atoms with van der Waals surface area (Å²) in [6.07, 6.45) is 0. The van der Waals surface area contributed by atoms with Crippen LogP contribution >= 0.6 is 0 Å². The molecule has 0 spiro atoms. The molecule has 0 bridgehead atoms. The lowest BCUT2D eigenvalue weighted by atomic mass is 10.1. The zero-order valence-corrected chi connectivity index (χ0v) is 13.6. The Morgan fingerprint density at radius 1 is 1.36 bits per heavy atom. The van der Waals surface area contributed by atoms with E-state index in [9.17, 15) is 9.18 Å². The van der Waals surface area contributed by atoms with Crippen molar-refractivity contribution < 1.29 is 23.4 Å². The van der Waals surface area contributed by atoms with Crippen molar-refractivity contribution in [3.63, 3.8) is 0 Å². The van der Waals surface area contributed by atoms with Crippen molar-refractivity contribution in [1.82, 2.24) is 10.3 Å². The van der Waals surface area contributed by atoms with E-state index >= 15 is 0 Å². The second-order valence-corrected chi connectivity index (χ2v) is 5.53. The number of nitrogens with zero attached hydrogens (tertiary/aromatic N) is 1. The largest absolute Gasteiger partial charge is 0.483 e. The monoisotopic (exact) mass is 347 g/mol. The van der Waals surface area contributed by atoms with Gasteiger partial charge in [0.25, 0.3) is 0 Å². The summed E-state index contributed by atoms with van der Waals surface area (Å²) in [4.78, 5) is 14.9. The maximum absolute atomic E-state index is 13.1. The molecule has 3 N–H and O–H groups in total. The fraction of sp³-hybridized carbons (Fsp3) is 0.294. The molecule has 7 nitrogen and oxygen atoms in total. The number of ether oxygens (including phenoxy) is 3. The van der Waals surface area contributed by atoms with Crippen LogP contribution in [0.5, 0.6) is 17.2 Å². The van der Waals surface area contributed by atoms with Gasteiger partial charge in [0.2, 0.25) is 24.4 Å². The molecule has 1 aliphatic heterocycles. The topological polar surface area (TPSA) is 95.7 Å². The SMILES string of the molecule is CC(NCc1ccc(OCc2cccc(F)n2)c2c1OCO2)C(N)=O. The highest BCUT2D eigenvalue weighted by molar-refractivity contribution is 5.79. The van der Waals surface area contributed by atoms with E-state index in [1.165, 1.54) is 6.07 Å². The first-order valence-electron chi connectivity index (χ1n) is 7.73. The second-order valence-electron chi connectivity index (χ2n) is 5.53. The number of halogens is 1. The minimum Gasteiger partial charge on any atom is -0.483 e. The zero-order valence-electron chi connectivity index (χ0n) is 13.6. The molecule has 8 heteroatoms. The summed E-state index contributed by atoms with van der Waals surface area (Å²) in [5.41, 5.74) is 6.52. The molecule has 2 heterocycles. The summed E-state index contributed by atoms with van der Waals surface area (Å²) in [6, 6.07) is 7.59. The van der Waals surface area contributed by atoms with Crippen molar-refractivity contribution in [3.8, 4) is 17.2 Å². The fourth-order valence-electron chi connectivity index (χ4n) is 2.33. The Labute approximate surface area is 143 Å². The van der Waals surface area contributed by atoms with Crippen molar-refractivity contribution in [2.24, 2.45) is 5.73 Å². The third kappa shape index (κ3) is 3.97. The normalized spacial score (nSPS) is 13.5. The van der Waals surface area contributed by atoms with Gasteiger partial charge in [-0.1, -0.05) is 12.1 Å². The lowest BCUT2D eigenvalue weighted by Crippen LogP contribution is -2.38. The highest BCUT2D eigenvalue weighted by atomic mass is 19.1. The average molecular weight is 347 g/mol. The molecule has 2 aromatic rings. The third-order valence-corrected chi connectivity index (χ3v) is 3.74. The van der Waals surface area contributed by atoms with Crippen molar-refractivity contribution in [2.45, 2.75) is 26.1 Å². The van der Waals surface area contributed by atoms with E-state index in [1.54, 1.807) is 25.1 Å². The Kier molecular flexibility index (Phi) is 4.99. The Hall–Kier alpha value is -2.87. The van der Waals surface area contributed by atoms with Gasteiger partial charge in [-0.15, -0.1) is 0 Å². The molecule has 1 aliphatic rings. The van der Waals surface area contributed by atoms with E-state index < -0.39 is 17.9 Å². The number of rotatable bonds is 7. The number of fused-ring (bicyclic) bond motifs is 1. The molecule has 25 heavy (non-hydrogen) atoms. The predicted octanol–water partition coefficient (Wildman–Crippen LogP) is 1.49. The molecule has 0 saturated heterocycles. The van der Waals surface area contributed by atoms with Crippen LogP contribution in [0.3, 0.4) is 0 Å². The van der Waals surface area contributed by atoms with Gasteiger partial charge in [-0.2, -0.15) is 4.39 Å². The Balaban J connectivity index is 1.72. The number of amides is 1. The number of hydrogen-bond acceptors (Lipinski definition) is 6. The van der Waals surface area contributed by atoms with Crippen LogP contribution in [0.25, 0.3) is 0 Å². The molecule has 0 aliphatic carbocycles. The van der Waals surface area contributed by atoms with Crippen LogP contribution in [-0.4, -0.2) is 23.7 Å². The van der Waals surface area contributed by atoms with Gasteiger partial charge in [0.1, 0.15) is 6.61 Å². The Morgan fingerprint density at radius 3 is 2.92 bits per heavy atom. The number of carbonyl (C=O) groups is 1. The van der Waals surface area contributed by atoms with Crippen LogP contribution in [0.15, 0.2) is 30.3 Å². The molecule has 132 valence electrons. The van der Waals surface area contributed by atoms with E-state index in [1.807, 2.05) is 6.07 Å². The van der Waals surface area contributed by atoms with E-state index in [4.69, 9.17) is 19.9 Å². The number of pyridine rings is 1. The molecule has 1 aromatic heterocycles. The van der Waals surface area contributed by atoms with E-state index in [-0.39, 0.29) is 13.4 Å². The lowest BCUT2D eigenvalue weighted by molar-refractivity contribution is -0.119. The minimum absolute atomic E-state index is 0.0757. The lowest BCUT2D eigenvalue weighted by Gasteiger charge is -2.13. The van der Waals surface area contributed by atoms with Crippen molar-refractivity contribution >= 4 is 5.91 Å². The van der Waals surface area contributed by atoms with Crippen LogP contribution in [0.4, 0.5) is 4.39 Å². The summed E-state index contributed by atoms with van der Waals surface area (Å²) >= 11 is 0. The summed E-state index contributed by atoms with van der Waals surface area (Å²) in [5, 5.41) is 3.01. The molecule has 3 rings (SSSR count). The van der Waals surface area contributed by atoms with E-state index in [0.717, 1.165) is 5.56 Å². The van der Waals surface area contributed by atoms with Gasteiger partial charge in [-0.25, -0.2) is 4.98 Å². The van der Waals surface area contributed by atoms with Crippen LogP contribution in [-0.2, 0) is 17.9 Å². The summed E-state index contributed by atoms with van der Waals surface area (Å²) in [6.45, 7) is 2.25. The number of aromatic nitrogens is 1. The van der Waals surface area contributed by atoms with Crippen LogP contribution in [0.1, 0.15) is 18.2 Å². The van der Waals surface area contributed by atoms with Crippen LogP contribution in [0.2, 0.25) is 0 Å². The number of carbonyl (C=O) groups excluding carboxylic acids is 1. The first-order chi connectivity index (χ1) is 12.0. The van der Waals surface area contributed by atoms with Gasteiger partial charge in [-0.05, 0) is 25.1 Å². The third-order valence-electron chi connectivity index (χ3n) is 3.74. The summed E-state index contributed by atoms with van der Waals surface area (Å²) in [7, 11) is 0. The number of nitrogens with two attached hydrogens (primary N) is 1. The standard InChI is InChI=1S/C17H18FN3O4/c1-10(17(19)22)20-7-11-5-6-13(16-15(11)24-9-25-16)23-8-12-3-2-4-14(18)21-12/h2-6,10,20H,7-9H2,1H3,(H2,19,22). The first-order valence-corrected chi connectivity index (χ1v) is 7.73. The maximum atomic E-state index is 13.1. The number of nitrogens with one attached hydrogen (secondary N) is 1. The molecule has 1 atom stereocenters. The van der Waals surface area contributed by atoms with Gasteiger partial charge in [0.15, 0.2) is 11.5 Å². The number of primary amides is 1. The maximum Gasteiger partial charge on any atom is 0.234 e. The summed E-state index contributed by atoms with van der Waals surface area (Å²) in [5.74, 6) is 0.508. The quantitative estimate of drug-likeness (QED) is 0.737. The minimum atomic E-state index is -0.559. The van der Waals surface area contributed by atoms with Gasteiger partial charge in [-0.3, -0.25) is 4.79 Å². The first kappa shape index (κ1) is 17.0. The second kappa shape index (κ2) is 7.35. The molecule has 0 saturated carbocycles. The van der Waals surface area contributed by atoms with E-state index in [0.29, 0.717) is 29.5 Å². The smallest absolute Gasteiger partial charge is 0.234 e. The van der Waals surface area contributed by atoms with Crippen LogP contribution < -0.4 is 25.3 Å². The van der Waals surface area contributed by atoms with Crippen molar-refractivity contribution in [1.29, 1.82) is 0 Å².